The van der Waals surface area contributed by atoms with Crippen molar-refractivity contribution in [2.24, 2.45) is 0 Å². The van der Waals surface area contributed by atoms with Crippen LogP contribution in [0.25, 0.3) is 21.3 Å². The van der Waals surface area contributed by atoms with Crippen molar-refractivity contribution in [3.05, 3.63) is 53.3 Å². The van der Waals surface area contributed by atoms with E-state index >= 15 is 0 Å². The molecule has 4 aromatic rings. The van der Waals surface area contributed by atoms with E-state index in [9.17, 15) is 4.79 Å². The Morgan fingerprint density at radius 2 is 2.04 bits per heavy atom. The van der Waals surface area contributed by atoms with Crippen molar-refractivity contribution in [3.8, 4) is 0 Å². The van der Waals surface area contributed by atoms with Crippen molar-refractivity contribution in [1.82, 2.24) is 20.3 Å². The highest BCUT2D eigenvalue weighted by atomic mass is 35.5. The van der Waals surface area contributed by atoms with Gasteiger partial charge < -0.3 is 10.3 Å². The first-order chi connectivity index (χ1) is 11.7. The molecule has 2 aromatic carbocycles. The lowest BCUT2D eigenvalue weighted by Crippen LogP contribution is -2.28. The normalized spacial score (nSPS) is 11.0. The van der Waals surface area contributed by atoms with Crippen molar-refractivity contribution in [2.45, 2.75) is 6.54 Å². The highest BCUT2D eigenvalue weighted by Crippen LogP contribution is 2.28. The fraction of sp³-hybridized carbons (Fsp3) is 0.0625. The summed E-state index contributed by atoms with van der Waals surface area (Å²) in [5, 5.41) is 6.66. The second-order valence-electron chi connectivity index (χ2n) is 5.14. The Bertz CT molecular complexity index is 1010. The van der Waals surface area contributed by atoms with Crippen molar-refractivity contribution < 1.29 is 4.79 Å². The smallest absolute Gasteiger partial charge is 0.321 e. The van der Waals surface area contributed by atoms with E-state index in [0.717, 1.165) is 21.3 Å². The molecule has 24 heavy (non-hydrogen) atoms. The summed E-state index contributed by atoms with van der Waals surface area (Å²) in [4.78, 5) is 23.9. The fourth-order valence-corrected chi connectivity index (χ4v) is 3.48. The summed E-state index contributed by atoms with van der Waals surface area (Å²) in [5.41, 5.74) is 2.62. The van der Waals surface area contributed by atoms with Crippen LogP contribution < -0.4 is 10.6 Å². The molecule has 120 valence electrons. The molecule has 4 rings (SSSR count). The predicted octanol–water partition coefficient (Wildman–Crippen LogP) is 4.15. The average Bonchev–Trinajstić information content (AvgIpc) is 3.15. The van der Waals surface area contributed by atoms with Crippen LogP contribution >= 0.6 is 22.9 Å². The van der Waals surface area contributed by atoms with Crippen LogP contribution in [0.1, 0.15) is 5.82 Å². The number of aromatic amines is 1. The third-order valence-electron chi connectivity index (χ3n) is 3.43. The van der Waals surface area contributed by atoms with Gasteiger partial charge in [0.15, 0.2) is 5.13 Å². The molecule has 0 saturated heterocycles. The number of carbonyl (C=O) groups excluding carboxylic acids is 1. The first-order valence-electron chi connectivity index (χ1n) is 7.22. The molecule has 0 spiro atoms. The number of aromatic nitrogens is 3. The number of nitrogens with zero attached hydrogens (tertiary/aromatic N) is 2. The number of anilines is 1. The highest BCUT2D eigenvalue weighted by Gasteiger charge is 2.09. The lowest BCUT2D eigenvalue weighted by Gasteiger charge is -2.02. The van der Waals surface area contributed by atoms with Crippen LogP contribution in [-0.4, -0.2) is 21.0 Å². The summed E-state index contributed by atoms with van der Waals surface area (Å²) >= 11 is 7.33. The van der Waals surface area contributed by atoms with Crippen LogP contribution in [0.3, 0.4) is 0 Å². The number of fused-ring (bicyclic) bond motifs is 2. The summed E-state index contributed by atoms with van der Waals surface area (Å²) in [6, 6.07) is 12.8. The standard InChI is InChI=1S/C16H12ClN5OS/c17-9-5-6-12-13(7-9)24-16(21-12)22-15(23)18-8-14-19-10-3-1-2-4-11(10)20-14/h1-7H,8H2,(H,19,20)(H2,18,21,22,23). The van der Waals surface area contributed by atoms with Gasteiger partial charge in [0.1, 0.15) is 5.82 Å². The Kier molecular flexibility index (Phi) is 3.79. The number of para-hydroxylation sites is 2. The van der Waals surface area contributed by atoms with Crippen molar-refractivity contribution in [1.29, 1.82) is 0 Å². The quantitative estimate of drug-likeness (QED) is 0.515. The maximum atomic E-state index is 12.0. The predicted molar refractivity (Wildman–Crippen MR) is 96.6 cm³/mol. The summed E-state index contributed by atoms with van der Waals surface area (Å²) in [6.07, 6.45) is 0. The lowest BCUT2D eigenvalue weighted by atomic mass is 10.3. The van der Waals surface area contributed by atoms with Crippen LogP contribution in [0, 0.1) is 0 Å². The molecule has 0 aliphatic rings. The van der Waals surface area contributed by atoms with Gasteiger partial charge in [-0.3, -0.25) is 5.32 Å². The number of nitrogens with one attached hydrogen (secondary N) is 3. The van der Waals surface area contributed by atoms with Gasteiger partial charge in [-0.25, -0.2) is 14.8 Å². The van der Waals surface area contributed by atoms with Crippen LogP contribution in [0.5, 0.6) is 0 Å². The van der Waals surface area contributed by atoms with Gasteiger partial charge in [0.25, 0.3) is 0 Å². The van der Waals surface area contributed by atoms with Crippen molar-refractivity contribution in [2.75, 3.05) is 5.32 Å². The maximum Gasteiger partial charge on any atom is 0.321 e. The van der Waals surface area contributed by atoms with E-state index in [2.05, 4.69) is 25.6 Å². The monoisotopic (exact) mass is 357 g/mol. The SMILES string of the molecule is O=C(NCc1nc2ccccc2[nH]1)Nc1nc2ccc(Cl)cc2s1. The summed E-state index contributed by atoms with van der Waals surface area (Å²) < 4.78 is 0.926. The molecule has 0 saturated carbocycles. The van der Waals surface area contributed by atoms with Crippen LogP contribution in [0.2, 0.25) is 5.02 Å². The molecule has 2 aromatic heterocycles. The molecular weight excluding hydrogens is 346 g/mol. The molecular formula is C16H12ClN5OS. The molecule has 2 amide bonds. The number of amides is 2. The van der Waals surface area contributed by atoms with Crippen LogP contribution in [0.15, 0.2) is 42.5 Å². The van der Waals surface area contributed by atoms with Gasteiger partial charge in [-0.15, -0.1) is 0 Å². The van der Waals surface area contributed by atoms with Gasteiger partial charge >= 0.3 is 6.03 Å². The average molecular weight is 358 g/mol. The van der Waals surface area contributed by atoms with E-state index in [1.807, 2.05) is 36.4 Å². The Morgan fingerprint density at radius 3 is 2.92 bits per heavy atom. The van der Waals surface area contributed by atoms with Gasteiger partial charge in [0.2, 0.25) is 0 Å². The van der Waals surface area contributed by atoms with E-state index in [-0.39, 0.29) is 6.03 Å². The number of hydrogen-bond acceptors (Lipinski definition) is 4. The lowest BCUT2D eigenvalue weighted by molar-refractivity contribution is 0.251. The second kappa shape index (κ2) is 6.10. The summed E-state index contributed by atoms with van der Waals surface area (Å²) in [5.74, 6) is 0.697. The van der Waals surface area contributed by atoms with Crippen molar-refractivity contribution in [3.63, 3.8) is 0 Å². The van der Waals surface area contributed by atoms with E-state index in [1.54, 1.807) is 6.07 Å². The minimum Gasteiger partial charge on any atom is -0.340 e. The van der Waals surface area contributed by atoms with E-state index in [0.29, 0.717) is 22.5 Å². The zero-order chi connectivity index (χ0) is 16.5. The minimum absolute atomic E-state index is 0.303. The fourth-order valence-electron chi connectivity index (χ4n) is 2.35. The zero-order valence-corrected chi connectivity index (χ0v) is 13.9. The highest BCUT2D eigenvalue weighted by molar-refractivity contribution is 7.22. The van der Waals surface area contributed by atoms with Crippen LogP contribution in [0.4, 0.5) is 9.93 Å². The molecule has 0 unspecified atom stereocenters. The number of halogens is 1. The van der Waals surface area contributed by atoms with E-state index < -0.39 is 0 Å². The molecule has 6 nitrogen and oxygen atoms in total. The maximum absolute atomic E-state index is 12.0. The number of benzene rings is 2. The zero-order valence-electron chi connectivity index (χ0n) is 12.3. The Labute approximate surface area is 145 Å². The number of urea groups is 1. The molecule has 2 heterocycles. The van der Waals surface area contributed by atoms with Gasteiger partial charge in [-0.1, -0.05) is 35.1 Å². The first-order valence-corrected chi connectivity index (χ1v) is 8.41. The number of imidazole rings is 1. The number of H-pyrrole nitrogens is 1. The third-order valence-corrected chi connectivity index (χ3v) is 4.59. The van der Waals surface area contributed by atoms with Gasteiger partial charge in [-0.2, -0.15) is 0 Å². The van der Waals surface area contributed by atoms with E-state index in [4.69, 9.17) is 11.6 Å². The third kappa shape index (κ3) is 3.04. The Balaban J connectivity index is 1.42. The number of rotatable bonds is 3. The van der Waals surface area contributed by atoms with Crippen LogP contribution in [-0.2, 0) is 6.54 Å². The molecule has 0 aliphatic heterocycles. The Hall–Kier alpha value is -2.64. The van der Waals surface area contributed by atoms with E-state index in [1.165, 1.54) is 11.3 Å². The number of carbonyl (C=O) groups is 1. The second-order valence-corrected chi connectivity index (χ2v) is 6.61. The summed E-state index contributed by atoms with van der Waals surface area (Å²) in [7, 11) is 0. The molecule has 8 heteroatoms. The van der Waals surface area contributed by atoms with Gasteiger partial charge in [0.05, 0.1) is 27.8 Å². The molecule has 0 aliphatic carbocycles. The molecule has 3 N–H and O–H groups in total. The van der Waals surface area contributed by atoms with Gasteiger partial charge in [0, 0.05) is 5.02 Å². The molecule has 0 atom stereocenters. The molecule has 0 radical (unpaired) electrons. The first kappa shape index (κ1) is 14.9. The molecule has 0 fully saturated rings. The number of thiazole rings is 1. The van der Waals surface area contributed by atoms with Gasteiger partial charge in [-0.05, 0) is 30.3 Å². The minimum atomic E-state index is -0.333. The Morgan fingerprint density at radius 1 is 1.17 bits per heavy atom. The summed E-state index contributed by atoms with van der Waals surface area (Å²) in [6.45, 7) is 0.303. The topological polar surface area (TPSA) is 82.7 Å². The van der Waals surface area contributed by atoms with Crippen molar-refractivity contribution >= 4 is 55.4 Å². The largest absolute Gasteiger partial charge is 0.340 e. The number of hydrogen-bond donors (Lipinski definition) is 3. The molecule has 0 bridgehead atoms.